The van der Waals surface area contributed by atoms with Gasteiger partial charge in [0.1, 0.15) is 35.0 Å². The quantitative estimate of drug-likeness (QED) is 0.729. The summed E-state index contributed by atoms with van der Waals surface area (Å²) < 4.78 is 16.1. The lowest BCUT2D eigenvalue weighted by Gasteiger charge is -2.07. The molecule has 1 heterocycles. The first-order valence-electron chi connectivity index (χ1n) is 6.64. The van der Waals surface area contributed by atoms with E-state index in [0.717, 1.165) is 11.3 Å². The van der Waals surface area contributed by atoms with Crippen LogP contribution >= 0.6 is 11.6 Å². The van der Waals surface area contributed by atoms with E-state index in [4.69, 9.17) is 25.5 Å². The zero-order valence-electron chi connectivity index (χ0n) is 11.8. The maximum atomic E-state index is 11.8. The van der Waals surface area contributed by atoms with Crippen molar-refractivity contribution in [2.75, 3.05) is 7.11 Å². The van der Waals surface area contributed by atoms with Crippen LogP contribution in [0.4, 0.5) is 0 Å². The fourth-order valence-corrected chi connectivity index (χ4v) is 2.21. The molecule has 0 saturated carbocycles. The number of hydrogen-bond donors (Lipinski definition) is 0. The molecule has 0 spiro atoms. The van der Waals surface area contributed by atoms with Gasteiger partial charge in [0.25, 0.3) is 0 Å². The Morgan fingerprint density at radius 1 is 1.09 bits per heavy atom. The maximum Gasteiger partial charge on any atom is 0.211 e. The molecule has 0 amide bonds. The Hall–Kier alpha value is -2.46. The van der Waals surface area contributed by atoms with E-state index in [-0.39, 0.29) is 10.5 Å². The molecular weight excluding hydrogens is 304 g/mol. The summed E-state index contributed by atoms with van der Waals surface area (Å²) in [6.07, 6.45) is 1.24. The van der Waals surface area contributed by atoms with Gasteiger partial charge in [0.2, 0.25) is 5.43 Å². The van der Waals surface area contributed by atoms with Crippen molar-refractivity contribution < 1.29 is 13.9 Å². The van der Waals surface area contributed by atoms with Crippen LogP contribution in [0.15, 0.2) is 57.9 Å². The van der Waals surface area contributed by atoms with Crippen molar-refractivity contribution >= 4 is 22.6 Å². The Morgan fingerprint density at radius 3 is 2.55 bits per heavy atom. The first kappa shape index (κ1) is 14.5. The molecule has 0 saturated heterocycles. The summed E-state index contributed by atoms with van der Waals surface area (Å²) in [6, 6.07) is 12.7. The second-order valence-electron chi connectivity index (χ2n) is 4.71. The molecule has 4 nitrogen and oxygen atoms in total. The van der Waals surface area contributed by atoms with Gasteiger partial charge in [0.05, 0.1) is 12.5 Å². The highest BCUT2D eigenvalue weighted by Gasteiger charge is 2.06. The van der Waals surface area contributed by atoms with Crippen molar-refractivity contribution in [1.29, 1.82) is 0 Å². The minimum Gasteiger partial charge on any atom is -0.497 e. The molecular formula is C17H13ClO4. The lowest BCUT2D eigenvalue weighted by Crippen LogP contribution is -2.01. The average molecular weight is 317 g/mol. The molecule has 0 fully saturated rings. The number of benzene rings is 2. The van der Waals surface area contributed by atoms with Crippen molar-refractivity contribution in [3.05, 3.63) is 69.5 Å². The maximum absolute atomic E-state index is 11.8. The minimum atomic E-state index is -0.246. The summed E-state index contributed by atoms with van der Waals surface area (Å²) in [4.78, 5) is 11.8. The van der Waals surface area contributed by atoms with Crippen LogP contribution in [0.25, 0.3) is 11.0 Å². The van der Waals surface area contributed by atoms with Gasteiger partial charge >= 0.3 is 0 Å². The van der Waals surface area contributed by atoms with E-state index in [1.54, 1.807) is 25.3 Å². The summed E-state index contributed by atoms with van der Waals surface area (Å²) in [5, 5.41) is 0.503. The first-order chi connectivity index (χ1) is 10.7. The van der Waals surface area contributed by atoms with Gasteiger partial charge in [-0.05, 0) is 29.8 Å². The van der Waals surface area contributed by atoms with Gasteiger partial charge in [-0.25, -0.2) is 0 Å². The molecule has 0 radical (unpaired) electrons. The van der Waals surface area contributed by atoms with Gasteiger partial charge in [0, 0.05) is 6.07 Å². The summed E-state index contributed by atoms with van der Waals surface area (Å²) in [5.74, 6) is 1.42. The van der Waals surface area contributed by atoms with Crippen molar-refractivity contribution in [2.45, 2.75) is 6.61 Å². The van der Waals surface area contributed by atoms with Crippen molar-refractivity contribution in [2.24, 2.45) is 0 Å². The normalized spacial score (nSPS) is 10.6. The third kappa shape index (κ3) is 2.92. The summed E-state index contributed by atoms with van der Waals surface area (Å²) in [7, 11) is 1.63. The molecule has 0 bridgehead atoms. The lowest BCUT2D eigenvalue weighted by molar-refractivity contribution is 0.306. The molecule has 0 unspecified atom stereocenters. The van der Waals surface area contributed by atoms with Gasteiger partial charge in [-0.3, -0.25) is 4.79 Å². The number of methoxy groups -OCH3 is 1. The largest absolute Gasteiger partial charge is 0.497 e. The Bertz CT molecular complexity index is 853. The van der Waals surface area contributed by atoms with E-state index in [0.29, 0.717) is 23.3 Å². The van der Waals surface area contributed by atoms with Crippen LogP contribution in [0.5, 0.6) is 11.5 Å². The summed E-state index contributed by atoms with van der Waals surface area (Å²) in [6.45, 7) is 0.410. The molecule has 3 rings (SSSR count). The van der Waals surface area contributed by atoms with Gasteiger partial charge in [-0.2, -0.15) is 0 Å². The van der Waals surface area contributed by atoms with Crippen LogP contribution in [0.3, 0.4) is 0 Å². The molecule has 5 heteroatoms. The number of rotatable bonds is 4. The van der Waals surface area contributed by atoms with Crippen LogP contribution < -0.4 is 14.9 Å². The van der Waals surface area contributed by atoms with E-state index >= 15 is 0 Å². The molecule has 0 N–H and O–H groups in total. The molecule has 1 aromatic heterocycles. The Morgan fingerprint density at radius 2 is 1.82 bits per heavy atom. The fourth-order valence-electron chi connectivity index (χ4n) is 2.06. The van der Waals surface area contributed by atoms with E-state index < -0.39 is 0 Å². The molecule has 0 atom stereocenters. The van der Waals surface area contributed by atoms with Gasteiger partial charge in [-0.15, -0.1) is 0 Å². The molecule has 0 aliphatic carbocycles. The second-order valence-corrected chi connectivity index (χ2v) is 5.11. The highest BCUT2D eigenvalue weighted by Crippen LogP contribution is 2.21. The van der Waals surface area contributed by atoms with Crippen LogP contribution in [0.1, 0.15) is 5.56 Å². The Kier molecular flexibility index (Phi) is 4.02. The highest BCUT2D eigenvalue weighted by atomic mass is 35.5. The summed E-state index contributed by atoms with van der Waals surface area (Å²) in [5.41, 5.74) is 1.21. The topological polar surface area (TPSA) is 48.7 Å². The van der Waals surface area contributed by atoms with Crippen LogP contribution in [-0.2, 0) is 6.61 Å². The van der Waals surface area contributed by atoms with Gasteiger partial charge in [-0.1, -0.05) is 23.7 Å². The van der Waals surface area contributed by atoms with Crippen LogP contribution in [0.2, 0.25) is 5.02 Å². The van der Waals surface area contributed by atoms with Gasteiger partial charge in [0.15, 0.2) is 0 Å². The molecule has 3 aromatic rings. The number of halogens is 1. The van der Waals surface area contributed by atoms with E-state index in [1.165, 1.54) is 6.26 Å². The van der Waals surface area contributed by atoms with E-state index in [2.05, 4.69) is 0 Å². The fraction of sp³-hybridized carbons (Fsp3) is 0.118. The minimum absolute atomic E-state index is 0.0689. The Balaban J connectivity index is 1.79. The van der Waals surface area contributed by atoms with Crippen molar-refractivity contribution in [3.63, 3.8) is 0 Å². The third-order valence-electron chi connectivity index (χ3n) is 3.27. The van der Waals surface area contributed by atoms with E-state index in [1.807, 2.05) is 24.3 Å². The number of ether oxygens (including phenoxy) is 2. The highest BCUT2D eigenvalue weighted by molar-refractivity contribution is 6.30. The SMILES string of the molecule is COc1ccc(COc2ccc3c(=O)c(Cl)coc3c2)cc1. The third-order valence-corrected chi connectivity index (χ3v) is 3.53. The molecule has 0 aliphatic heterocycles. The Labute approximate surface area is 131 Å². The standard InChI is InChI=1S/C17H13ClO4/c1-20-12-4-2-11(3-5-12)9-21-13-6-7-14-16(8-13)22-10-15(18)17(14)19/h2-8,10H,9H2,1H3. The van der Waals surface area contributed by atoms with Gasteiger partial charge < -0.3 is 13.9 Å². The van der Waals surface area contributed by atoms with Crippen molar-refractivity contribution in [3.8, 4) is 11.5 Å². The van der Waals surface area contributed by atoms with Crippen molar-refractivity contribution in [1.82, 2.24) is 0 Å². The second kappa shape index (κ2) is 6.12. The predicted molar refractivity (Wildman–Crippen MR) is 84.8 cm³/mol. The van der Waals surface area contributed by atoms with Crippen LogP contribution in [-0.4, -0.2) is 7.11 Å². The zero-order chi connectivity index (χ0) is 15.5. The van der Waals surface area contributed by atoms with E-state index in [9.17, 15) is 4.79 Å². The monoisotopic (exact) mass is 316 g/mol. The number of fused-ring (bicyclic) bond motifs is 1. The molecule has 0 aliphatic rings. The van der Waals surface area contributed by atoms with Crippen LogP contribution in [0, 0.1) is 0 Å². The predicted octanol–water partition coefficient (Wildman–Crippen LogP) is 4.03. The zero-order valence-corrected chi connectivity index (χ0v) is 12.6. The molecule has 22 heavy (non-hydrogen) atoms. The molecule has 112 valence electrons. The summed E-state index contributed by atoms with van der Waals surface area (Å²) >= 11 is 5.75. The number of hydrogen-bond acceptors (Lipinski definition) is 4. The first-order valence-corrected chi connectivity index (χ1v) is 7.02. The lowest BCUT2D eigenvalue weighted by atomic mass is 10.2. The average Bonchev–Trinajstić information content (AvgIpc) is 2.57. The molecule has 2 aromatic carbocycles. The smallest absolute Gasteiger partial charge is 0.211 e.